The molecule has 0 saturated heterocycles. The smallest absolute Gasteiger partial charge is 0.363 e. The van der Waals surface area contributed by atoms with E-state index in [1.807, 2.05) is 6.07 Å². The Balaban J connectivity index is 1.90. The molecule has 0 N–H and O–H groups in total. The fraction of sp³-hybridized carbons (Fsp3) is 0.200. The van der Waals surface area contributed by atoms with Crippen molar-refractivity contribution >= 4 is 29.5 Å². The van der Waals surface area contributed by atoms with Gasteiger partial charge < -0.3 is 9.47 Å². The molecule has 0 fully saturated rings. The third-order valence-electron chi connectivity index (χ3n) is 3.81. The molecule has 0 amide bonds. The molecule has 0 aliphatic carbocycles. The van der Waals surface area contributed by atoms with Crippen LogP contribution in [0.4, 0.5) is 0 Å². The maximum atomic E-state index is 12.1. The van der Waals surface area contributed by atoms with Gasteiger partial charge in [-0.05, 0) is 49.6 Å². The maximum Gasteiger partial charge on any atom is 0.363 e. The van der Waals surface area contributed by atoms with E-state index < -0.39 is 5.97 Å². The van der Waals surface area contributed by atoms with Crippen LogP contribution < -0.4 is 4.74 Å². The zero-order chi connectivity index (χ0) is 17.8. The van der Waals surface area contributed by atoms with Gasteiger partial charge in [0.2, 0.25) is 5.90 Å². The van der Waals surface area contributed by atoms with Crippen molar-refractivity contribution in [2.75, 3.05) is 6.61 Å². The van der Waals surface area contributed by atoms with Crippen LogP contribution in [0.3, 0.4) is 0 Å². The minimum atomic E-state index is -0.501. The Morgan fingerprint density at radius 3 is 3.08 bits per heavy atom. The molecule has 2 heterocycles. The number of terminal acetylenes is 1. The van der Waals surface area contributed by atoms with E-state index in [1.165, 1.54) is 0 Å². The van der Waals surface area contributed by atoms with Gasteiger partial charge in [-0.2, -0.15) is 0 Å². The van der Waals surface area contributed by atoms with Gasteiger partial charge in [0.25, 0.3) is 0 Å². The number of aliphatic imine (C=N–C) groups is 1. The van der Waals surface area contributed by atoms with E-state index in [0.29, 0.717) is 17.2 Å². The number of benzene rings is 1. The lowest BCUT2D eigenvalue weighted by Gasteiger charge is -2.18. The first kappa shape index (κ1) is 17.1. The van der Waals surface area contributed by atoms with E-state index in [0.717, 1.165) is 29.7 Å². The molecule has 4 nitrogen and oxygen atoms in total. The summed E-state index contributed by atoms with van der Waals surface area (Å²) in [6, 6.07) is 3.67. The number of rotatable bonds is 3. The number of allylic oxidation sites excluding steroid dienone is 3. The second kappa shape index (κ2) is 7.42. The van der Waals surface area contributed by atoms with Crippen molar-refractivity contribution in [3.8, 4) is 18.1 Å². The third kappa shape index (κ3) is 3.84. The number of nitrogens with zero attached hydrogens (tertiary/aromatic N) is 1. The van der Waals surface area contributed by atoms with Crippen LogP contribution in [0.25, 0.3) is 6.08 Å². The van der Waals surface area contributed by atoms with E-state index >= 15 is 0 Å². The predicted molar refractivity (Wildman–Crippen MR) is 98.5 cm³/mol. The molecular weight excluding hydrogens is 338 g/mol. The normalized spacial score (nSPS) is 18.6. The highest BCUT2D eigenvalue weighted by Crippen LogP contribution is 2.33. The zero-order valence-electron chi connectivity index (χ0n) is 13.7. The summed E-state index contributed by atoms with van der Waals surface area (Å²) in [4.78, 5) is 16.3. The molecule has 2 aliphatic rings. The largest absolute Gasteiger partial charge is 0.493 e. The van der Waals surface area contributed by atoms with E-state index in [9.17, 15) is 4.79 Å². The summed E-state index contributed by atoms with van der Waals surface area (Å²) in [5, 5.41) is 0.634. The average molecular weight is 354 g/mol. The molecule has 1 aromatic rings. The zero-order valence-corrected chi connectivity index (χ0v) is 14.5. The second-order valence-electron chi connectivity index (χ2n) is 5.64. The van der Waals surface area contributed by atoms with Crippen LogP contribution in [0.1, 0.15) is 24.5 Å². The Morgan fingerprint density at radius 1 is 1.44 bits per heavy atom. The highest BCUT2D eigenvalue weighted by Gasteiger charge is 2.24. The molecule has 5 heteroatoms. The van der Waals surface area contributed by atoms with E-state index in [4.69, 9.17) is 27.5 Å². The lowest BCUT2D eigenvalue weighted by Crippen LogP contribution is -2.09. The van der Waals surface area contributed by atoms with Gasteiger partial charge >= 0.3 is 5.97 Å². The Kier molecular flexibility index (Phi) is 5.06. The van der Waals surface area contributed by atoms with Crippen LogP contribution in [0, 0.1) is 12.3 Å². The summed E-state index contributed by atoms with van der Waals surface area (Å²) < 4.78 is 10.9. The molecule has 25 heavy (non-hydrogen) atoms. The van der Waals surface area contributed by atoms with Crippen molar-refractivity contribution in [1.82, 2.24) is 0 Å². The van der Waals surface area contributed by atoms with Gasteiger partial charge in [0.05, 0.1) is 6.61 Å². The number of hydrogen-bond acceptors (Lipinski definition) is 4. The SMILES string of the molecule is C#C/C=C\C=C(/C)C1=N/C(=C\c2cc(Cl)c3c(c2)OCCC3)C(=O)O1. The molecule has 2 aliphatic heterocycles. The van der Waals surface area contributed by atoms with Crippen LogP contribution in [0.15, 0.2) is 46.6 Å². The van der Waals surface area contributed by atoms with Crippen LogP contribution in [0.2, 0.25) is 5.02 Å². The van der Waals surface area contributed by atoms with Crippen molar-refractivity contribution < 1.29 is 14.3 Å². The minimum absolute atomic E-state index is 0.218. The lowest BCUT2D eigenvalue weighted by molar-refractivity contribution is -0.129. The molecule has 3 rings (SSSR count). The molecule has 0 spiro atoms. The summed E-state index contributed by atoms with van der Waals surface area (Å²) in [6.07, 6.45) is 13.6. The van der Waals surface area contributed by atoms with Gasteiger partial charge in [-0.1, -0.05) is 29.7 Å². The van der Waals surface area contributed by atoms with E-state index in [2.05, 4.69) is 10.9 Å². The number of fused-ring (bicyclic) bond motifs is 1. The molecule has 0 aromatic heterocycles. The number of ether oxygens (including phenoxy) is 2. The monoisotopic (exact) mass is 353 g/mol. The summed E-state index contributed by atoms with van der Waals surface area (Å²) >= 11 is 6.33. The van der Waals surface area contributed by atoms with Crippen LogP contribution >= 0.6 is 11.6 Å². The van der Waals surface area contributed by atoms with Crippen LogP contribution in [-0.2, 0) is 16.0 Å². The Labute approximate surface area is 151 Å². The van der Waals surface area contributed by atoms with Gasteiger partial charge in [-0.25, -0.2) is 9.79 Å². The molecule has 0 bridgehead atoms. The van der Waals surface area contributed by atoms with Crippen LogP contribution in [0.5, 0.6) is 5.75 Å². The van der Waals surface area contributed by atoms with Crippen molar-refractivity contribution in [2.24, 2.45) is 4.99 Å². The van der Waals surface area contributed by atoms with Crippen molar-refractivity contribution in [1.29, 1.82) is 0 Å². The summed E-state index contributed by atoms with van der Waals surface area (Å²) in [5.41, 5.74) is 2.68. The van der Waals surface area contributed by atoms with E-state index in [-0.39, 0.29) is 11.6 Å². The summed E-state index contributed by atoms with van der Waals surface area (Å²) in [7, 11) is 0. The first-order valence-electron chi connectivity index (χ1n) is 7.86. The molecule has 1 aromatic carbocycles. The second-order valence-corrected chi connectivity index (χ2v) is 6.05. The highest BCUT2D eigenvalue weighted by atomic mass is 35.5. The van der Waals surface area contributed by atoms with E-state index in [1.54, 1.807) is 37.3 Å². The molecule has 0 atom stereocenters. The quantitative estimate of drug-likeness (QED) is 0.356. The van der Waals surface area contributed by atoms with Gasteiger partial charge in [0.15, 0.2) is 5.70 Å². The summed E-state index contributed by atoms with van der Waals surface area (Å²) in [5.74, 6) is 2.91. The minimum Gasteiger partial charge on any atom is -0.493 e. The Hall–Kier alpha value is -2.77. The Morgan fingerprint density at radius 2 is 2.28 bits per heavy atom. The van der Waals surface area contributed by atoms with Gasteiger partial charge in [0, 0.05) is 16.2 Å². The molecule has 0 radical (unpaired) electrons. The lowest BCUT2D eigenvalue weighted by atomic mass is 10.0. The van der Waals surface area contributed by atoms with Crippen LogP contribution in [-0.4, -0.2) is 18.5 Å². The first-order valence-corrected chi connectivity index (χ1v) is 8.24. The predicted octanol–water partition coefficient (Wildman–Crippen LogP) is 4.10. The summed E-state index contributed by atoms with van der Waals surface area (Å²) in [6.45, 7) is 2.46. The first-order chi connectivity index (χ1) is 12.1. The fourth-order valence-corrected chi connectivity index (χ4v) is 2.89. The number of hydrogen-bond donors (Lipinski definition) is 0. The standard InChI is InChI=1S/C20H16ClNO3/c1-3-4-5-7-13(2)19-22-17(20(23)25-19)11-14-10-16(21)15-8-6-9-24-18(15)12-14/h1,4-5,7,10-12H,6,8-9H2,2H3/b5-4-,13-7+,17-11-. The number of halogens is 1. The average Bonchev–Trinajstić information content (AvgIpc) is 2.96. The van der Waals surface area contributed by atoms with Crippen molar-refractivity contribution in [3.63, 3.8) is 0 Å². The highest BCUT2D eigenvalue weighted by molar-refractivity contribution is 6.31. The third-order valence-corrected chi connectivity index (χ3v) is 4.14. The number of carbonyl (C=O) groups is 1. The van der Waals surface area contributed by atoms with Gasteiger partial charge in [0.1, 0.15) is 5.75 Å². The number of esters is 1. The topological polar surface area (TPSA) is 47.9 Å². The van der Waals surface area contributed by atoms with Crippen molar-refractivity contribution in [2.45, 2.75) is 19.8 Å². The molecular formula is C20H16ClNO3. The van der Waals surface area contributed by atoms with Gasteiger partial charge in [-0.15, -0.1) is 6.42 Å². The maximum absolute atomic E-state index is 12.1. The molecule has 0 unspecified atom stereocenters. The van der Waals surface area contributed by atoms with Crippen molar-refractivity contribution in [3.05, 3.63) is 57.8 Å². The molecule has 0 saturated carbocycles. The fourth-order valence-electron chi connectivity index (χ4n) is 2.57. The molecule has 126 valence electrons. The number of cyclic esters (lactones) is 1. The Bertz CT molecular complexity index is 885. The number of carbonyl (C=O) groups excluding carboxylic acids is 1. The van der Waals surface area contributed by atoms with Gasteiger partial charge in [-0.3, -0.25) is 0 Å².